The first kappa shape index (κ1) is 33.0. The second kappa shape index (κ2) is 13.4. The van der Waals surface area contributed by atoms with E-state index in [1.54, 1.807) is 22.8 Å². The maximum atomic E-state index is 15.6. The van der Waals surface area contributed by atoms with Gasteiger partial charge in [-0.15, -0.1) is 0 Å². The molecule has 2 aliphatic heterocycles. The Morgan fingerprint density at radius 3 is 2.62 bits per heavy atom. The molecule has 0 bridgehead atoms. The first-order valence-corrected chi connectivity index (χ1v) is 15.9. The number of carbonyl (C=O) groups is 2. The van der Waals surface area contributed by atoms with Crippen LogP contribution in [0.3, 0.4) is 0 Å². The number of imidazole rings is 1. The van der Waals surface area contributed by atoms with E-state index in [0.717, 1.165) is 18.6 Å². The summed E-state index contributed by atoms with van der Waals surface area (Å²) in [6, 6.07) is 14.8. The normalized spacial score (nSPS) is 16.2. The first-order valence-electron chi connectivity index (χ1n) is 15.5. The molecule has 0 radical (unpaired) electrons. The Labute approximate surface area is 288 Å². The number of halogens is 3. The molecule has 254 valence electrons. The topological polar surface area (TPSA) is 161 Å². The summed E-state index contributed by atoms with van der Waals surface area (Å²) in [6.45, 7) is 1.10. The molecule has 7 rings (SSSR count). The van der Waals surface area contributed by atoms with Gasteiger partial charge in [-0.25, -0.2) is 23.5 Å². The van der Waals surface area contributed by atoms with E-state index >= 15 is 8.78 Å². The number of aromatic nitrogens is 4. The van der Waals surface area contributed by atoms with Crippen LogP contribution in [0.5, 0.6) is 5.88 Å². The van der Waals surface area contributed by atoms with Gasteiger partial charge < -0.3 is 29.2 Å². The molecular formula is C35H27ClF2N6O6. The quantitative estimate of drug-likeness (QED) is 0.190. The molecule has 2 fully saturated rings. The molecular weight excluding hydrogens is 674 g/mol. The smallest absolute Gasteiger partial charge is 0.335 e. The van der Waals surface area contributed by atoms with Gasteiger partial charge in [0, 0.05) is 36.4 Å². The fourth-order valence-electron chi connectivity index (χ4n) is 5.61. The molecule has 0 spiro atoms. The molecule has 2 N–H and O–H groups in total. The minimum absolute atomic E-state index is 0.0123. The average molecular weight is 701 g/mol. The van der Waals surface area contributed by atoms with Crippen LogP contribution in [0.2, 0.25) is 5.02 Å². The largest absolute Gasteiger partial charge is 0.478 e. The van der Waals surface area contributed by atoms with Crippen molar-refractivity contribution in [3.8, 4) is 23.2 Å². The Hall–Kier alpha value is -5.49. The number of nitrogens with one attached hydrogen (secondary N) is 1. The lowest BCUT2D eigenvalue weighted by molar-refractivity contribution is -0.0589. The predicted octanol–water partition coefficient (Wildman–Crippen LogP) is 5.10. The minimum Gasteiger partial charge on any atom is -0.478 e. The number of hydrogen-bond donors (Lipinski definition) is 2. The van der Waals surface area contributed by atoms with Crippen molar-refractivity contribution in [1.29, 1.82) is 5.26 Å². The highest BCUT2D eigenvalue weighted by molar-refractivity contribution is 6.31. The average Bonchev–Trinajstić information content (AvgIpc) is 3.41. The lowest BCUT2D eigenvalue weighted by atomic mass is 9.99. The van der Waals surface area contributed by atoms with Gasteiger partial charge in [0.2, 0.25) is 5.88 Å². The van der Waals surface area contributed by atoms with Gasteiger partial charge in [-0.05, 0) is 54.4 Å². The van der Waals surface area contributed by atoms with Crippen molar-refractivity contribution in [2.24, 2.45) is 0 Å². The SMILES string of the molecule is N#CC1(NC(=O)c2cc(Cl)c(COc3cccc(-c4cc(F)c(Cc5nc6ccc(C(=O)O)cc6n5CC5CCO5)cc4F)n3)cn2)COC1. The van der Waals surface area contributed by atoms with Gasteiger partial charge in [-0.1, -0.05) is 17.7 Å². The molecule has 1 unspecified atom stereocenters. The summed E-state index contributed by atoms with van der Waals surface area (Å²) in [4.78, 5) is 37.3. The molecule has 5 heterocycles. The number of hydrogen-bond acceptors (Lipinski definition) is 9. The number of amides is 1. The van der Waals surface area contributed by atoms with Crippen molar-refractivity contribution in [3.63, 3.8) is 0 Å². The van der Waals surface area contributed by atoms with Crippen LogP contribution in [0.1, 0.15) is 44.2 Å². The van der Waals surface area contributed by atoms with E-state index in [0.29, 0.717) is 35.6 Å². The summed E-state index contributed by atoms with van der Waals surface area (Å²) in [6.07, 6.45) is 2.05. The summed E-state index contributed by atoms with van der Waals surface area (Å²) >= 11 is 6.38. The Morgan fingerprint density at radius 1 is 1.12 bits per heavy atom. The number of nitrogens with zero attached hydrogens (tertiary/aromatic N) is 5. The molecule has 3 aromatic heterocycles. The third-order valence-corrected chi connectivity index (χ3v) is 8.89. The van der Waals surface area contributed by atoms with Crippen molar-refractivity contribution < 1.29 is 37.7 Å². The van der Waals surface area contributed by atoms with Gasteiger partial charge in [-0.3, -0.25) is 9.78 Å². The van der Waals surface area contributed by atoms with E-state index < -0.39 is 29.0 Å². The van der Waals surface area contributed by atoms with Gasteiger partial charge in [0.1, 0.15) is 29.8 Å². The maximum Gasteiger partial charge on any atom is 0.335 e. The third-order valence-electron chi connectivity index (χ3n) is 8.54. The van der Waals surface area contributed by atoms with Crippen molar-refractivity contribution in [1.82, 2.24) is 24.8 Å². The number of pyridine rings is 2. The van der Waals surface area contributed by atoms with Crippen LogP contribution in [-0.2, 0) is 29.0 Å². The van der Waals surface area contributed by atoms with Gasteiger partial charge in [0.15, 0.2) is 5.54 Å². The minimum atomic E-state index is -1.09. The number of fused-ring (bicyclic) bond motifs is 1. The van der Waals surface area contributed by atoms with Gasteiger partial charge in [0.25, 0.3) is 5.91 Å². The van der Waals surface area contributed by atoms with Gasteiger partial charge in [-0.2, -0.15) is 5.26 Å². The van der Waals surface area contributed by atoms with Crippen molar-refractivity contribution in [3.05, 3.63) is 106 Å². The number of rotatable bonds is 11. The molecule has 2 aromatic carbocycles. The number of ether oxygens (including phenoxy) is 3. The number of carboxylic acids is 1. The first-order chi connectivity index (χ1) is 24.1. The summed E-state index contributed by atoms with van der Waals surface area (Å²) < 4.78 is 49.4. The molecule has 15 heteroatoms. The van der Waals surface area contributed by atoms with Crippen LogP contribution >= 0.6 is 11.6 Å². The third kappa shape index (κ3) is 6.58. The summed E-state index contributed by atoms with van der Waals surface area (Å²) in [5.74, 6) is -2.49. The van der Waals surface area contributed by atoms with E-state index in [4.69, 9.17) is 25.8 Å². The van der Waals surface area contributed by atoms with Crippen LogP contribution < -0.4 is 10.1 Å². The molecule has 2 aliphatic rings. The second-order valence-electron chi connectivity index (χ2n) is 12.0. The van der Waals surface area contributed by atoms with Gasteiger partial charge >= 0.3 is 5.97 Å². The molecule has 2 saturated heterocycles. The van der Waals surface area contributed by atoms with E-state index in [-0.39, 0.29) is 71.3 Å². The highest BCUT2D eigenvalue weighted by Gasteiger charge is 2.41. The monoisotopic (exact) mass is 700 g/mol. The van der Waals surface area contributed by atoms with E-state index in [2.05, 4.69) is 20.3 Å². The molecule has 50 heavy (non-hydrogen) atoms. The highest BCUT2D eigenvalue weighted by Crippen LogP contribution is 2.29. The lowest BCUT2D eigenvalue weighted by Gasteiger charge is -2.35. The van der Waals surface area contributed by atoms with Crippen molar-refractivity contribution in [2.45, 2.75) is 37.6 Å². The summed E-state index contributed by atoms with van der Waals surface area (Å²) in [5.41, 5.74) is 0.663. The lowest BCUT2D eigenvalue weighted by Crippen LogP contribution is -2.61. The van der Waals surface area contributed by atoms with E-state index in [9.17, 15) is 20.0 Å². The van der Waals surface area contributed by atoms with Crippen molar-refractivity contribution in [2.75, 3.05) is 19.8 Å². The molecule has 1 amide bonds. The zero-order valence-corrected chi connectivity index (χ0v) is 26.9. The Bertz CT molecular complexity index is 2200. The molecule has 5 aromatic rings. The fourth-order valence-corrected chi connectivity index (χ4v) is 5.81. The van der Waals surface area contributed by atoms with E-state index in [1.807, 2.05) is 6.07 Å². The Kier molecular flexibility index (Phi) is 8.87. The van der Waals surface area contributed by atoms with E-state index in [1.165, 1.54) is 30.5 Å². The number of aromatic carboxylic acids is 1. The number of benzene rings is 2. The predicted molar refractivity (Wildman–Crippen MR) is 174 cm³/mol. The second-order valence-corrected chi connectivity index (χ2v) is 12.4. The van der Waals surface area contributed by atoms with Crippen LogP contribution in [0.15, 0.2) is 60.8 Å². The number of carbonyl (C=O) groups excluding carboxylic acids is 1. The molecule has 0 aliphatic carbocycles. The Balaban J connectivity index is 1.07. The van der Waals surface area contributed by atoms with Crippen LogP contribution in [0.4, 0.5) is 8.78 Å². The number of nitriles is 1. The summed E-state index contributed by atoms with van der Waals surface area (Å²) in [7, 11) is 0. The van der Waals surface area contributed by atoms with Crippen LogP contribution in [0.25, 0.3) is 22.3 Å². The van der Waals surface area contributed by atoms with Crippen LogP contribution in [-0.4, -0.2) is 68.0 Å². The zero-order chi connectivity index (χ0) is 35.0. The molecule has 12 nitrogen and oxygen atoms in total. The molecule has 0 saturated carbocycles. The highest BCUT2D eigenvalue weighted by atomic mass is 35.5. The van der Waals surface area contributed by atoms with Crippen LogP contribution in [0, 0.1) is 23.0 Å². The Morgan fingerprint density at radius 2 is 1.94 bits per heavy atom. The number of carboxylic acid groups (broad SMARTS) is 1. The van der Waals surface area contributed by atoms with Crippen molar-refractivity contribution >= 4 is 34.5 Å². The molecule has 1 atom stereocenters. The fraction of sp³-hybridized carbons (Fsp3) is 0.257. The summed E-state index contributed by atoms with van der Waals surface area (Å²) in [5, 5.41) is 21.6. The maximum absolute atomic E-state index is 15.6. The zero-order valence-electron chi connectivity index (χ0n) is 26.2. The standard InChI is InChI=1S/C35H27ClF2N6O6/c36-24-12-29(33(45)43-35(16-39)17-48-18-35)40-13-21(24)15-50-32-3-1-2-27(42-32)23-11-25(37)20(8-26(23)38)10-31-41-28-5-4-19(34(46)47)9-30(28)44(31)14-22-6-7-49-22/h1-5,8-9,11-13,22H,6-7,10,14-15,17-18H2,(H,43,45)(H,46,47). The van der Waals surface area contributed by atoms with Gasteiger partial charge in [0.05, 0.1) is 59.2 Å².